The monoisotopic (exact) mass is 395 g/mol. The molecule has 0 aliphatic carbocycles. The summed E-state index contributed by atoms with van der Waals surface area (Å²) in [6, 6.07) is 10.4. The van der Waals surface area contributed by atoms with Gasteiger partial charge in [-0.05, 0) is 18.2 Å². The Hall–Kier alpha value is -3.04. The van der Waals surface area contributed by atoms with E-state index in [0.717, 1.165) is 45.0 Å². The molecule has 0 bridgehead atoms. The minimum absolute atomic E-state index is 0.0245. The van der Waals surface area contributed by atoms with Crippen molar-refractivity contribution in [3.63, 3.8) is 0 Å². The molecule has 1 saturated heterocycles. The summed E-state index contributed by atoms with van der Waals surface area (Å²) in [5.74, 6) is 0.632. The van der Waals surface area contributed by atoms with Crippen molar-refractivity contribution in [2.24, 2.45) is 7.05 Å². The summed E-state index contributed by atoms with van der Waals surface area (Å²) in [5, 5.41) is 8.59. The van der Waals surface area contributed by atoms with Crippen LogP contribution >= 0.6 is 0 Å². The van der Waals surface area contributed by atoms with E-state index in [1.165, 1.54) is 10.7 Å². The van der Waals surface area contributed by atoms with E-state index in [-0.39, 0.29) is 11.1 Å². The van der Waals surface area contributed by atoms with Gasteiger partial charge in [-0.25, -0.2) is 9.36 Å². The van der Waals surface area contributed by atoms with Crippen molar-refractivity contribution in [2.45, 2.75) is 13.1 Å². The molecule has 1 fully saturated rings. The van der Waals surface area contributed by atoms with Crippen LogP contribution in [-0.4, -0.2) is 66.7 Å². The zero-order valence-corrected chi connectivity index (χ0v) is 16.5. The summed E-state index contributed by atoms with van der Waals surface area (Å²) in [7, 11) is 1.82. The second kappa shape index (κ2) is 8.54. The van der Waals surface area contributed by atoms with Crippen molar-refractivity contribution >= 4 is 0 Å². The molecule has 4 rings (SSSR count). The number of aromatic nitrogens is 5. The number of hydrogen-bond donors (Lipinski definition) is 0. The fourth-order valence-electron chi connectivity index (χ4n) is 3.53. The highest BCUT2D eigenvalue weighted by Crippen LogP contribution is 2.07. The lowest BCUT2D eigenvalue weighted by Gasteiger charge is -2.34. The highest BCUT2D eigenvalue weighted by molar-refractivity contribution is 5.17. The van der Waals surface area contributed by atoms with E-state index < -0.39 is 0 Å². The highest BCUT2D eigenvalue weighted by Gasteiger charge is 2.18. The van der Waals surface area contributed by atoms with Gasteiger partial charge in [-0.1, -0.05) is 6.07 Å². The van der Waals surface area contributed by atoms with Gasteiger partial charge in [0, 0.05) is 76.5 Å². The van der Waals surface area contributed by atoms with Crippen LogP contribution in [0.4, 0.5) is 0 Å². The molecule has 1 aliphatic heterocycles. The molecule has 152 valence electrons. The zero-order valence-electron chi connectivity index (χ0n) is 16.5. The molecule has 0 saturated carbocycles. The van der Waals surface area contributed by atoms with Gasteiger partial charge in [0.1, 0.15) is 0 Å². The largest absolute Gasteiger partial charge is 0.314 e. The first-order chi connectivity index (χ1) is 14.1. The average molecular weight is 395 g/mol. The Bertz CT molecular complexity index is 1060. The van der Waals surface area contributed by atoms with Crippen LogP contribution < -0.4 is 11.1 Å². The molecule has 0 radical (unpaired) electrons. The van der Waals surface area contributed by atoms with Crippen molar-refractivity contribution in [3.05, 3.63) is 75.2 Å². The van der Waals surface area contributed by atoms with Gasteiger partial charge in [-0.2, -0.15) is 5.10 Å². The van der Waals surface area contributed by atoms with E-state index in [0.29, 0.717) is 12.4 Å². The molecule has 0 amide bonds. The van der Waals surface area contributed by atoms with Crippen LogP contribution in [0.5, 0.6) is 0 Å². The Morgan fingerprint density at radius 1 is 0.897 bits per heavy atom. The first kappa shape index (κ1) is 19.3. The number of rotatable bonds is 6. The minimum Gasteiger partial charge on any atom is -0.314 e. The van der Waals surface area contributed by atoms with E-state index >= 15 is 0 Å². The third-order valence-electron chi connectivity index (χ3n) is 5.36. The zero-order chi connectivity index (χ0) is 20.2. The molecule has 4 heterocycles. The molecule has 0 aromatic carbocycles. The predicted molar refractivity (Wildman–Crippen MR) is 109 cm³/mol. The quantitative estimate of drug-likeness (QED) is 0.582. The van der Waals surface area contributed by atoms with Gasteiger partial charge in [-0.15, -0.1) is 5.10 Å². The minimum atomic E-state index is -0.107. The number of nitrogens with zero attached hydrogens (tertiary/aromatic N) is 7. The van der Waals surface area contributed by atoms with Crippen molar-refractivity contribution in [2.75, 3.05) is 32.7 Å². The predicted octanol–water partition coefficient (Wildman–Crippen LogP) is -0.0545. The summed E-state index contributed by atoms with van der Waals surface area (Å²) < 4.78 is 4.85. The first-order valence-electron chi connectivity index (χ1n) is 9.78. The van der Waals surface area contributed by atoms with Crippen LogP contribution in [0.2, 0.25) is 0 Å². The van der Waals surface area contributed by atoms with Gasteiger partial charge >= 0.3 is 0 Å². The average Bonchev–Trinajstić information content (AvgIpc) is 3.27. The molecule has 29 heavy (non-hydrogen) atoms. The smallest absolute Gasteiger partial charge is 0.266 e. The van der Waals surface area contributed by atoms with Gasteiger partial charge < -0.3 is 4.57 Å². The molecule has 0 N–H and O–H groups in total. The molecule has 0 unspecified atom stereocenters. The lowest BCUT2D eigenvalue weighted by Crippen LogP contribution is -2.47. The summed E-state index contributed by atoms with van der Waals surface area (Å²) in [6.45, 7) is 5.79. The Morgan fingerprint density at radius 3 is 2.45 bits per heavy atom. The maximum Gasteiger partial charge on any atom is 0.266 e. The first-order valence-corrected chi connectivity index (χ1v) is 9.78. The van der Waals surface area contributed by atoms with Crippen molar-refractivity contribution < 1.29 is 0 Å². The van der Waals surface area contributed by atoms with E-state index in [1.54, 1.807) is 33.8 Å². The third-order valence-corrected chi connectivity index (χ3v) is 5.36. The molecule has 0 spiro atoms. The highest BCUT2D eigenvalue weighted by atomic mass is 16.1. The lowest BCUT2D eigenvalue weighted by atomic mass is 10.2. The summed E-state index contributed by atoms with van der Waals surface area (Å²) in [4.78, 5) is 28.6. The van der Waals surface area contributed by atoms with Gasteiger partial charge in [0.25, 0.3) is 5.56 Å². The molecule has 3 aromatic rings. The van der Waals surface area contributed by atoms with Crippen LogP contribution in [0.25, 0.3) is 5.82 Å². The van der Waals surface area contributed by atoms with Crippen LogP contribution in [0.1, 0.15) is 5.69 Å². The van der Waals surface area contributed by atoms with Crippen molar-refractivity contribution in [3.8, 4) is 5.82 Å². The summed E-state index contributed by atoms with van der Waals surface area (Å²) in [5.41, 5.74) is 0.943. The lowest BCUT2D eigenvalue weighted by molar-refractivity contribution is 0.120. The Balaban J connectivity index is 1.31. The SMILES string of the molecule is Cn1c(CN2CCN(CCn3nc(-n4cccn4)ccc3=O)CC2)cccc1=O. The third kappa shape index (κ3) is 4.52. The van der Waals surface area contributed by atoms with E-state index in [9.17, 15) is 9.59 Å². The molecule has 1 aliphatic rings. The topological polar surface area (TPSA) is 81.2 Å². The van der Waals surface area contributed by atoms with Crippen LogP contribution in [0, 0.1) is 0 Å². The maximum atomic E-state index is 12.1. The molecule has 3 aromatic heterocycles. The standard InChI is InChI=1S/C20H25N7O2/c1-23-17(4-2-5-19(23)28)16-25-12-10-24(11-13-25)14-15-27-20(29)7-6-18(22-27)26-9-3-8-21-26/h2-9H,10-16H2,1H3. The van der Waals surface area contributed by atoms with Gasteiger partial charge in [0.2, 0.25) is 5.56 Å². The fraction of sp³-hybridized carbons (Fsp3) is 0.400. The number of pyridine rings is 1. The van der Waals surface area contributed by atoms with Gasteiger partial charge in [0.15, 0.2) is 5.82 Å². The van der Waals surface area contributed by atoms with E-state index in [1.807, 2.05) is 25.2 Å². The van der Waals surface area contributed by atoms with E-state index in [4.69, 9.17) is 0 Å². The number of hydrogen-bond acceptors (Lipinski definition) is 6. The fourth-order valence-corrected chi connectivity index (χ4v) is 3.53. The molecule has 9 nitrogen and oxygen atoms in total. The number of piperazine rings is 1. The van der Waals surface area contributed by atoms with Gasteiger partial charge in [-0.3, -0.25) is 19.4 Å². The second-order valence-corrected chi connectivity index (χ2v) is 7.24. The Kier molecular flexibility index (Phi) is 5.68. The summed E-state index contributed by atoms with van der Waals surface area (Å²) in [6.07, 6.45) is 3.49. The van der Waals surface area contributed by atoms with Gasteiger partial charge in [0.05, 0.1) is 6.54 Å². The second-order valence-electron chi connectivity index (χ2n) is 7.24. The van der Waals surface area contributed by atoms with Crippen molar-refractivity contribution in [1.29, 1.82) is 0 Å². The molecular formula is C20H25N7O2. The molecule has 9 heteroatoms. The normalized spacial score (nSPS) is 15.6. The Labute approximate surface area is 168 Å². The maximum absolute atomic E-state index is 12.1. The Morgan fingerprint density at radius 2 is 1.69 bits per heavy atom. The molecule has 0 atom stereocenters. The molecular weight excluding hydrogens is 370 g/mol. The van der Waals surface area contributed by atoms with E-state index in [2.05, 4.69) is 20.0 Å². The van der Waals surface area contributed by atoms with Crippen LogP contribution in [0.3, 0.4) is 0 Å². The van der Waals surface area contributed by atoms with Crippen molar-refractivity contribution in [1.82, 2.24) is 33.9 Å². The van der Waals surface area contributed by atoms with Crippen LogP contribution in [0.15, 0.2) is 58.4 Å². The summed E-state index contributed by atoms with van der Waals surface area (Å²) >= 11 is 0. The van der Waals surface area contributed by atoms with Crippen LogP contribution in [-0.2, 0) is 20.1 Å².